The zero-order valence-electron chi connectivity index (χ0n) is 21.5. The van der Waals surface area contributed by atoms with Crippen molar-refractivity contribution >= 4 is 22.7 Å². The first-order chi connectivity index (χ1) is 16.0. The highest BCUT2D eigenvalue weighted by Gasteiger charge is 2.55. The minimum absolute atomic E-state index is 0.0317. The molecule has 1 aliphatic carbocycles. The fourth-order valence-electron chi connectivity index (χ4n) is 5.96. The van der Waals surface area contributed by atoms with Crippen LogP contribution in [0.5, 0.6) is 5.75 Å². The summed E-state index contributed by atoms with van der Waals surface area (Å²) in [6.07, 6.45) is 4.77. The maximum absolute atomic E-state index is 6.60. The van der Waals surface area contributed by atoms with E-state index in [4.69, 9.17) is 10.5 Å². The molecule has 2 atom stereocenters. The summed E-state index contributed by atoms with van der Waals surface area (Å²) >= 11 is 0. The second kappa shape index (κ2) is 7.80. The van der Waals surface area contributed by atoms with E-state index in [-0.39, 0.29) is 16.4 Å². The third kappa shape index (κ3) is 3.66. The molecule has 34 heavy (non-hydrogen) atoms. The highest BCUT2D eigenvalue weighted by Crippen LogP contribution is 2.57. The number of benzene rings is 3. The molecular formula is C31H38N2O. The van der Waals surface area contributed by atoms with E-state index in [1.807, 2.05) is 6.07 Å². The molecule has 3 nitrogen and oxygen atoms in total. The van der Waals surface area contributed by atoms with Crippen LogP contribution in [0, 0.1) is 6.92 Å². The Balaban J connectivity index is 1.65. The van der Waals surface area contributed by atoms with E-state index in [0.29, 0.717) is 0 Å². The van der Waals surface area contributed by atoms with Gasteiger partial charge in [0.1, 0.15) is 11.4 Å². The van der Waals surface area contributed by atoms with Crippen LogP contribution in [0.25, 0.3) is 0 Å². The lowest BCUT2D eigenvalue weighted by atomic mass is 9.63. The topological polar surface area (TPSA) is 38.5 Å². The summed E-state index contributed by atoms with van der Waals surface area (Å²) in [4.78, 5) is 2.33. The van der Waals surface area contributed by atoms with Gasteiger partial charge in [0.05, 0.1) is 0 Å². The maximum Gasteiger partial charge on any atom is 0.124 e. The fourth-order valence-corrected chi connectivity index (χ4v) is 5.96. The Morgan fingerprint density at radius 3 is 2.18 bits per heavy atom. The average molecular weight is 455 g/mol. The van der Waals surface area contributed by atoms with Crippen LogP contribution in [0.15, 0.2) is 60.7 Å². The molecule has 2 N–H and O–H groups in total. The van der Waals surface area contributed by atoms with Gasteiger partial charge in [-0.3, -0.25) is 0 Å². The van der Waals surface area contributed by atoms with Crippen LogP contribution >= 0.6 is 0 Å². The van der Waals surface area contributed by atoms with Crippen molar-refractivity contribution in [2.75, 3.05) is 10.6 Å². The molecule has 0 radical (unpaired) electrons. The van der Waals surface area contributed by atoms with Crippen LogP contribution in [0.3, 0.4) is 0 Å². The van der Waals surface area contributed by atoms with E-state index < -0.39 is 0 Å². The predicted molar refractivity (Wildman–Crippen MR) is 144 cm³/mol. The first kappa shape index (κ1) is 22.8. The van der Waals surface area contributed by atoms with Crippen molar-refractivity contribution in [1.29, 1.82) is 0 Å². The lowest BCUT2D eigenvalue weighted by Crippen LogP contribution is -2.49. The van der Waals surface area contributed by atoms with E-state index in [1.54, 1.807) is 0 Å². The van der Waals surface area contributed by atoms with Crippen LogP contribution in [0.4, 0.5) is 22.7 Å². The summed E-state index contributed by atoms with van der Waals surface area (Å²) in [6.45, 7) is 13.6. The van der Waals surface area contributed by atoms with Crippen molar-refractivity contribution in [2.45, 2.75) is 83.7 Å². The van der Waals surface area contributed by atoms with Crippen molar-refractivity contribution in [1.82, 2.24) is 0 Å². The number of nitrogen functional groups attached to an aromatic ring is 1. The summed E-state index contributed by atoms with van der Waals surface area (Å²) < 4.78 is 6.60. The number of anilines is 4. The number of aryl methyl sites for hydroxylation is 1. The van der Waals surface area contributed by atoms with Crippen LogP contribution in [-0.4, -0.2) is 5.60 Å². The van der Waals surface area contributed by atoms with Gasteiger partial charge in [-0.2, -0.15) is 0 Å². The summed E-state index contributed by atoms with van der Waals surface area (Å²) in [5.74, 6) is 1.04. The summed E-state index contributed by atoms with van der Waals surface area (Å²) in [7, 11) is 0. The summed E-state index contributed by atoms with van der Waals surface area (Å²) in [5.41, 5.74) is 14.3. The predicted octanol–water partition coefficient (Wildman–Crippen LogP) is 8.33. The van der Waals surface area contributed by atoms with E-state index in [9.17, 15) is 0 Å². The third-order valence-corrected chi connectivity index (χ3v) is 8.23. The molecule has 1 aliphatic heterocycles. The largest absolute Gasteiger partial charge is 0.486 e. The minimum atomic E-state index is -0.126. The number of ether oxygens (including phenoxy) is 1. The lowest BCUT2D eigenvalue weighted by Gasteiger charge is -2.43. The molecule has 0 saturated heterocycles. The van der Waals surface area contributed by atoms with Crippen molar-refractivity contribution < 1.29 is 4.74 Å². The maximum atomic E-state index is 6.60. The molecule has 1 heterocycles. The second-order valence-electron chi connectivity index (χ2n) is 11.8. The quantitative estimate of drug-likeness (QED) is 0.404. The highest BCUT2D eigenvalue weighted by molar-refractivity contribution is 5.80. The van der Waals surface area contributed by atoms with Gasteiger partial charge < -0.3 is 15.4 Å². The summed E-state index contributed by atoms with van der Waals surface area (Å²) in [6, 6.07) is 22.0. The fraction of sp³-hybridized carbons (Fsp3) is 0.419. The van der Waals surface area contributed by atoms with E-state index in [1.165, 1.54) is 24.0 Å². The number of rotatable bonds is 3. The van der Waals surface area contributed by atoms with Crippen molar-refractivity contribution in [2.24, 2.45) is 0 Å². The SMILES string of the molecule is Cc1cc(N)cc(N(c2ccc(C(C)(C)C)cc2)c2ccc3c(c2)C2(C)CCCCC2(C)O3)c1. The van der Waals surface area contributed by atoms with Crippen LogP contribution in [0.2, 0.25) is 0 Å². The van der Waals surface area contributed by atoms with Crippen molar-refractivity contribution in [3.8, 4) is 5.75 Å². The summed E-state index contributed by atoms with van der Waals surface area (Å²) in [5, 5.41) is 0. The van der Waals surface area contributed by atoms with Gasteiger partial charge >= 0.3 is 0 Å². The molecule has 2 unspecified atom stereocenters. The minimum Gasteiger partial charge on any atom is -0.486 e. The number of hydrogen-bond donors (Lipinski definition) is 1. The molecule has 0 bridgehead atoms. The van der Waals surface area contributed by atoms with Gasteiger partial charge in [-0.1, -0.05) is 46.2 Å². The molecule has 0 amide bonds. The molecular weight excluding hydrogens is 416 g/mol. The molecule has 1 fully saturated rings. The molecule has 2 aliphatic rings. The first-order valence-corrected chi connectivity index (χ1v) is 12.6. The number of fused-ring (bicyclic) bond motifs is 3. The Hall–Kier alpha value is -2.94. The van der Waals surface area contributed by atoms with E-state index in [2.05, 4.69) is 101 Å². The Labute approximate surface area is 204 Å². The zero-order chi connectivity index (χ0) is 24.3. The van der Waals surface area contributed by atoms with Gasteiger partial charge in [0.2, 0.25) is 0 Å². The molecule has 0 spiro atoms. The Morgan fingerprint density at radius 2 is 1.50 bits per heavy atom. The van der Waals surface area contributed by atoms with E-state index >= 15 is 0 Å². The Morgan fingerprint density at radius 1 is 0.824 bits per heavy atom. The monoisotopic (exact) mass is 454 g/mol. The standard InChI is InChI=1S/C31H38N2O/c1-21-17-23(32)19-26(18-21)33(24-11-9-22(10-12-24)29(2,3)4)25-13-14-28-27(20-25)30(5)15-7-8-16-31(30,6)34-28/h9-14,17-20H,7-8,15-16,32H2,1-6H3. The van der Waals surface area contributed by atoms with Gasteiger partial charge in [-0.25, -0.2) is 0 Å². The third-order valence-electron chi connectivity index (χ3n) is 8.23. The number of nitrogens with two attached hydrogens (primary N) is 1. The van der Waals surface area contributed by atoms with Crippen LogP contribution in [0.1, 0.15) is 77.0 Å². The zero-order valence-corrected chi connectivity index (χ0v) is 21.5. The van der Waals surface area contributed by atoms with E-state index in [0.717, 1.165) is 46.9 Å². The Kier molecular flexibility index (Phi) is 5.24. The van der Waals surface area contributed by atoms with Gasteiger partial charge in [-0.15, -0.1) is 0 Å². The van der Waals surface area contributed by atoms with Gasteiger partial charge in [0.25, 0.3) is 0 Å². The van der Waals surface area contributed by atoms with Gasteiger partial charge in [-0.05, 0) is 98.2 Å². The van der Waals surface area contributed by atoms with Gasteiger partial charge in [0, 0.05) is 33.7 Å². The normalized spacial score (nSPS) is 23.7. The Bertz CT molecular complexity index is 1200. The van der Waals surface area contributed by atoms with Crippen LogP contribution in [-0.2, 0) is 10.8 Å². The highest BCUT2D eigenvalue weighted by atomic mass is 16.5. The molecule has 0 aromatic heterocycles. The molecule has 3 heteroatoms. The lowest BCUT2D eigenvalue weighted by molar-refractivity contribution is 0.00740. The number of nitrogens with zero attached hydrogens (tertiary/aromatic N) is 1. The van der Waals surface area contributed by atoms with Crippen LogP contribution < -0.4 is 15.4 Å². The second-order valence-corrected chi connectivity index (χ2v) is 11.8. The molecule has 1 saturated carbocycles. The first-order valence-electron chi connectivity index (χ1n) is 12.6. The molecule has 178 valence electrons. The molecule has 3 aromatic rings. The van der Waals surface area contributed by atoms with Crippen molar-refractivity contribution in [3.63, 3.8) is 0 Å². The molecule has 5 rings (SSSR count). The molecule has 3 aromatic carbocycles. The van der Waals surface area contributed by atoms with Gasteiger partial charge in [0.15, 0.2) is 0 Å². The smallest absolute Gasteiger partial charge is 0.124 e. The number of hydrogen-bond acceptors (Lipinski definition) is 3. The average Bonchev–Trinajstić information content (AvgIpc) is 3.00. The van der Waals surface area contributed by atoms with Crippen molar-refractivity contribution in [3.05, 3.63) is 77.4 Å².